The monoisotopic (exact) mass is 262 g/mol. The minimum absolute atomic E-state index is 0.579. The second-order valence-corrected chi connectivity index (χ2v) is 4.28. The summed E-state index contributed by atoms with van der Waals surface area (Å²) in [5, 5.41) is 6.39. The van der Waals surface area contributed by atoms with Crippen LogP contribution in [0.15, 0.2) is 73.1 Å². The Hall–Kier alpha value is -2.88. The molecule has 1 heterocycles. The molecule has 0 saturated heterocycles. The van der Waals surface area contributed by atoms with E-state index in [1.54, 1.807) is 12.4 Å². The van der Waals surface area contributed by atoms with Crippen LogP contribution in [-0.4, -0.2) is 9.97 Å². The molecular formula is C16H14N4. The zero-order valence-corrected chi connectivity index (χ0v) is 10.8. The van der Waals surface area contributed by atoms with E-state index in [2.05, 4.69) is 20.6 Å². The second kappa shape index (κ2) is 5.84. The quantitative estimate of drug-likeness (QED) is 0.747. The van der Waals surface area contributed by atoms with Gasteiger partial charge in [0, 0.05) is 11.4 Å². The Morgan fingerprint density at radius 2 is 1.05 bits per heavy atom. The second-order valence-electron chi connectivity index (χ2n) is 4.28. The molecule has 2 aromatic carbocycles. The molecule has 2 N–H and O–H groups in total. The van der Waals surface area contributed by atoms with Gasteiger partial charge in [0.1, 0.15) is 0 Å². The van der Waals surface area contributed by atoms with Gasteiger partial charge >= 0.3 is 0 Å². The van der Waals surface area contributed by atoms with Gasteiger partial charge in [0.05, 0.1) is 18.1 Å². The van der Waals surface area contributed by atoms with E-state index in [1.807, 2.05) is 60.7 Å². The normalized spacial score (nSPS) is 10.0. The molecule has 0 unspecified atom stereocenters. The molecular weight excluding hydrogens is 248 g/mol. The van der Waals surface area contributed by atoms with E-state index >= 15 is 0 Å². The number of nitrogens with zero attached hydrogens (tertiary/aromatic N) is 2. The van der Waals surface area contributed by atoms with E-state index < -0.39 is 0 Å². The number of benzene rings is 2. The predicted octanol–water partition coefficient (Wildman–Crippen LogP) is 3.96. The highest BCUT2D eigenvalue weighted by molar-refractivity contribution is 5.59. The van der Waals surface area contributed by atoms with Gasteiger partial charge in [0.15, 0.2) is 0 Å². The summed E-state index contributed by atoms with van der Waals surface area (Å²) in [4.78, 5) is 8.57. The van der Waals surface area contributed by atoms with Crippen LogP contribution in [0.3, 0.4) is 0 Å². The van der Waals surface area contributed by atoms with Gasteiger partial charge in [-0.05, 0) is 24.3 Å². The minimum Gasteiger partial charge on any atom is -0.353 e. The smallest absolute Gasteiger partial charge is 0.227 e. The number of anilines is 4. The molecule has 0 radical (unpaired) electrons. The summed E-state index contributed by atoms with van der Waals surface area (Å²) in [7, 11) is 0. The molecule has 0 atom stereocenters. The lowest BCUT2D eigenvalue weighted by atomic mass is 10.3. The van der Waals surface area contributed by atoms with Gasteiger partial charge in [-0.25, -0.2) is 9.97 Å². The molecule has 4 nitrogen and oxygen atoms in total. The average Bonchev–Trinajstić information content (AvgIpc) is 2.51. The Labute approximate surface area is 117 Å². The maximum Gasteiger partial charge on any atom is 0.227 e. The van der Waals surface area contributed by atoms with Crippen molar-refractivity contribution < 1.29 is 0 Å². The van der Waals surface area contributed by atoms with Crippen LogP contribution in [0.25, 0.3) is 0 Å². The van der Waals surface area contributed by atoms with Crippen molar-refractivity contribution in [2.45, 2.75) is 0 Å². The Kier molecular flexibility index (Phi) is 3.55. The first-order chi connectivity index (χ1) is 9.90. The van der Waals surface area contributed by atoms with Crippen LogP contribution in [0.1, 0.15) is 0 Å². The largest absolute Gasteiger partial charge is 0.353 e. The van der Waals surface area contributed by atoms with Crippen molar-refractivity contribution in [2.75, 3.05) is 10.6 Å². The van der Waals surface area contributed by atoms with E-state index in [-0.39, 0.29) is 0 Å². The fourth-order valence-electron chi connectivity index (χ4n) is 1.80. The van der Waals surface area contributed by atoms with Crippen molar-refractivity contribution in [2.24, 2.45) is 0 Å². The van der Waals surface area contributed by atoms with Gasteiger partial charge in [-0.15, -0.1) is 0 Å². The minimum atomic E-state index is 0.579. The molecule has 0 amide bonds. The molecule has 0 aliphatic carbocycles. The molecule has 1 aromatic heterocycles. The van der Waals surface area contributed by atoms with Gasteiger partial charge in [-0.3, -0.25) is 0 Å². The zero-order chi connectivity index (χ0) is 13.6. The van der Waals surface area contributed by atoms with Gasteiger partial charge < -0.3 is 10.6 Å². The number of hydrogen-bond donors (Lipinski definition) is 2. The maximum atomic E-state index is 4.29. The molecule has 0 aliphatic heterocycles. The number of nitrogens with one attached hydrogen (secondary N) is 2. The van der Waals surface area contributed by atoms with Crippen molar-refractivity contribution >= 4 is 23.0 Å². The number of hydrogen-bond acceptors (Lipinski definition) is 4. The fourth-order valence-corrected chi connectivity index (χ4v) is 1.80. The SMILES string of the molecule is c1ccc(Nc2cnc(Nc3ccccc3)nc2)cc1. The Morgan fingerprint density at radius 3 is 1.60 bits per heavy atom. The van der Waals surface area contributed by atoms with Crippen LogP contribution in [0.4, 0.5) is 23.0 Å². The standard InChI is InChI=1S/C16H14N4/c1-3-7-13(8-4-1)19-15-11-17-16(18-12-15)20-14-9-5-2-6-10-14/h1-12,19H,(H,17,18,20). The molecule has 98 valence electrons. The highest BCUT2D eigenvalue weighted by Gasteiger charge is 1.98. The van der Waals surface area contributed by atoms with Crippen LogP contribution in [0, 0.1) is 0 Å². The summed E-state index contributed by atoms with van der Waals surface area (Å²) < 4.78 is 0. The van der Waals surface area contributed by atoms with Crippen LogP contribution in [0.2, 0.25) is 0 Å². The third-order valence-electron chi connectivity index (χ3n) is 2.74. The van der Waals surface area contributed by atoms with Crippen molar-refractivity contribution in [1.82, 2.24) is 9.97 Å². The molecule has 20 heavy (non-hydrogen) atoms. The molecule has 0 bridgehead atoms. The average molecular weight is 262 g/mol. The lowest BCUT2D eigenvalue weighted by Gasteiger charge is -2.07. The highest BCUT2D eigenvalue weighted by atomic mass is 15.1. The van der Waals surface area contributed by atoms with Crippen LogP contribution >= 0.6 is 0 Å². The van der Waals surface area contributed by atoms with E-state index in [4.69, 9.17) is 0 Å². The van der Waals surface area contributed by atoms with Gasteiger partial charge in [-0.2, -0.15) is 0 Å². The summed E-state index contributed by atoms with van der Waals surface area (Å²) in [5.41, 5.74) is 2.84. The molecule has 0 saturated carbocycles. The summed E-state index contributed by atoms with van der Waals surface area (Å²) in [6, 6.07) is 19.8. The van der Waals surface area contributed by atoms with E-state index in [0.29, 0.717) is 5.95 Å². The first kappa shape index (κ1) is 12.2. The topological polar surface area (TPSA) is 49.8 Å². The fraction of sp³-hybridized carbons (Fsp3) is 0. The summed E-state index contributed by atoms with van der Waals surface area (Å²) >= 11 is 0. The Morgan fingerprint density at radius 1 is 0.550 bits per heavy atom. The van der Waals surface area contributed by atoms with E-state index in [9.17, 15) is 0 Å². The van der Waals surface area contributed by atoms with Gasteiger partial charge in [0.25, 0.3) is 0 Å². The maximum absolute atomic E-state index is 4.29. The Balaban J connectivity index is 1.69. The van der Waals surface area contributed by atoms with Crippen molar-refractivity contribution in [3.05, 3.63) is 73.1 Å². The van der Waals surface area contributed by atoms with Crippen molar-refractivity contribution in [1.29, 1.82) is 0 Å². The van der Waals surface area contributed by atoms with Gasteiger partial charge in [-0.1, -0.05) is 36.4 Å². The van der Waals surface area contributed by atoms with E-state index in [0.717, 1.165) is 17.1 Å². The molecule has 0 aliphatic rings. The van der Waals surface area contributed by atoms with Crippen molar-refractivity contribution in [3.8, 4) is 0 Å². The molecule has 3 rings (SSSR count). The zero-order valence-electron chi connectivity index (χ0n) is 10.8. The predicted molar refractivity (Wildman–Crippen MR) is 81.5 cm³/mol. The number of aromatic nitrogens is 2. The summed E-state index contributed by atoms with van der Waals surface area (Å²) in [6.45, 7) is 0. The van der Waals surface area contributed by atoms with Crippen molar-refractivity contribution in [3.63, 3.8) is 0 Å². The van der Waals surface area contributed by atoms with Crippen LogP contribution < -0.4 is 10.6 Å². The highest BCUT2D eigenvalue weighted by Crippen LogP contribution is 2.16. The molecule has 0 spiro atoms. The number of para-hydroxylation sites is 2. The van der Waals surface area contributed by atoms with Gasteiger partial charge in [0.2, 0.25) is 5.95 Å². The first-order valence-corrected chi connectivity index (χ1v) is 6.36. The number of rotatable bonds is 4. The third-order valence-corrected chi connectivity index (χ3v) is 2.74. The lowest BCUT2D eigenvalue weighted by Crippen LogP contribution is -1.98. The lowest BCUT2D eigenvalue weighted by molar-refractivity contribution is 1.17. The third kappa shape index (κ3) is 3.11. The molecule has 3 aromatic rings. The summed E-state index contributed by atoms with van der Waals surface area (Å²) in [6.07, 6.45) is 3.51. The first-order valence-electron chi connectivity index (χ1n) is 6.36. The molecule has 0 fully saturated rings. The Bertz CT molecular complexity index is 591. The summed E-state index contributed by atoms with van der Waals surface area (Å²) in [5.74, 6) is 0.579. The molecule has 4 heteroatoms. The van der Waals surface area contributed by atoms with E-state index in [1.165, 1.54) is 0 Å². The van der Waals surface area contributed by atoms with Crippen LogP contribution in [-0.2, 0) is 0 Å². The van der Waals surface area contributed by atoms with Crippen LogP contribution in [0.5, 0.6) is 0 Å².